The Hall–Kier alpha value is -0.210. The zero-order valence-corrected chi connectivity index (χ0v) is 6.91. The van der Waals surface area contributed by atoms with Crippen molar-refractivity contribution >= 4 is 7.99 Å². The van der Waals surface area contributed by atoms with Crippen LogP contribution in [0.4, 0.5) is 8.39 Å². The molecule has 0 aliphatic carbocycles. The summed E-state index contributed by atoms with van der Waals surface area (Å²) in [5, 5.41) is 0. The fraction of sp³-hybridized carbons (Fsp3) is 0.600. The number of rotatable bonds is 2. The van der Waals surface area contributed by atoms with E-state index in [1.165, 1.54) is 6.92 Å². The van der Waals surface area contributed by atoms with Gasteiger partial charge in [0.05, 0.1) is 6.61 Å². The Kier molecular flexibility index (Phi) is 8.61. The Bertz CT molecular complexity index is 121. The second-order valence-corrected chi connectivity index (χ2v) is 2.33. The van der Waals surface area contributed by atoms with Gasteiger partial charge in [-0.15, -0.1) is 15.0 Å². The minimum Gasteiger partial charge on any atom is -0.281 e. The molecular formula is C5H11F2O2P. The second kappa shape index (κ2) is 6.90. The largest absolute Gasteiger partial charge is 0.551 e. The predicted molar refractivity (Wildman–Crippen MR) is 37.3 cm³/mol. The average Bonchev–Trinajstić information content (AvgIpc) is 1.63. The molecule has 0 aromatic carbocycles. The summed E-state index contributed by atoms with van der Waals surface area (Å²) < 4.78 is 34.8. The van der Waals surface area contributed by atoms with Crippen LogP contribution in [0.1, 0.15) is 13.8 Å². The molecule has 0 aromatic heterocycles. The molecule has 0 heterocycles. The van der Waals surface area contributed by atoms with Crippen LogP contribution in [-0.4, -0.2) is 6.61 Å². The van der Waals surface area contributed by atoms with Crippen LogP contribution in [0.15, 0.2) is 12.7 Å². The van der Waals surface area contributed by atoms with E-state index in [1.807, 2.05) is 6.92 Å². The van der Waals surface area contributed by atoms with E-state index < -0.39 is 7.99 Å². The number of hydrogen-bond acceptors (Lipinski definition) is 2. The molecule has 0 atom stereocenters. The van der Waals surface area contributed by atoms with E-state index in [4.69, 9.17) is 0 Å². The summed E-state index contributed by atoms with van der Waals surface area (Å²) in [5.74, 6) is 0. The topological polar surface area (TPSA) is 26.3 Å². The molecule has 0 radical (unpaired) electrons. The quantitative estimate of drug-likeness (QED) is 0.472. The monoisotopic (exact) mass is 172 g/mol. The molecule has 0 bridgehead atoms. The van der Waals surface area contributed by atoms with Gasteiger partial charge in [0.1, 0.15) is 0 Å². The summed E-state index contributed by atoms with van der Waals surface area (Å²) in [6.45, 7) is 6.40. The summed E-state index contributed by atoms with van der Waals surface area (Å²) >= 11 is 0. The van der Waals surface area contributed by atoms with Crippen molar-refractivity contribution in [2.45, 2.75) is 13.8 Å². The summed E-state index contributed by atoms with van der Waals surface area (Å²) in [6, 6.07) is 0. The standard InChI is InChI=1S/C3H6.C2H5F2O2P/c1-3-2;1-2-6-7(3,4)5/h3H,1H2,2H3;2H2,1H3. The Balaban J connectivity index is 0. The first kappa shape index (κ1) is 12.5. The Morgan fingerprint density at radius 2 is 2.00 bits per heavy atom. The Morgan fingerprint density at radius 3 is 2.00 bits per heavy atom. The van der Waals surface area contributed by atoms with Crippen LogP contribution < -0.4 is 0 Å². The maximum absolute atomic E-state index is 11.1. The Morgan fingerprint density at radius 1 is 1.70 bits per heavy atom. The molecule has 0 saturated heterocycles. The number of halogens is 2. The molecule has 5 heteroatoms. The summed E-state index contributed by atoms with van der Waals surface area (Å²) in [4.78, 5) is 0. The third-order valence-electron chi connectivity index (χ3n) is 0.279. The van der Waals surface area contributed by atoms with Crippen molar-refractivity contribution in [1.82, 2.24) is 0 Å². The highest BCUT2D eigenvalue weighted by Gasteiger charge is 2.17. The molecule has 0 aliphatic heterocycles. The normalized spacial score (nSPS) is 9.60. The van der Waals surface area contributed by atoms with Gasteiger partial charge in [-0.05, 0) is 13.8 Å². The van der Waals surface area contributed by atoms with Crippen LogP contribution in [0, 0.1) is 0 Å². The van der Waals surface area contributed by atoms with Gasteiger partial charge in [-0.3, -0.25) is 4.52 Å². The molecule has 0 spiro atoms. The van der Waals surface area contributed by atoms with E-state index in [0.29, 0.717) is 0 Å². The van der Waals surface area contributed by atoms with Crippen molar-refractivity contribution in [3.63, 3.8) is 0 Å². The molecule has 0 amide bonds. The van der Waals surface area contributed by atoms with Crippen molar-refractivity contribution in [3.05, 3.63) is 12.7 Å². The van der Waals surface area contributed by atoms with Gasteiger partial charge in [0.15, 0.2) is 0 Å². The molecule has 0 rings (SSSR count). The van der Waals surface area contributed by atoms with Gasteiger partial charge in [-0.2, -0.15) is 0 Å². The van der Waals surface area contributed by atoms with Gasteiger partial charge >= 0.3 is 7.99 Å². The third-order valence-corrected chi connectivity index (χ3v) is 0.838. The molecule has 2 nitrogen and oxygen atoms in total. The van der Waals surface area contributed by atoms with Crippen molar-refractivity contribution in [2.24, 2.45) is 0 Å². The molecule has 0 unspecified atom stereocenters. The maximum atomic E-state index is 11.1. The molecule has 0 aromatic rings. The van der Waals surface area contributed by atoms with Crippen molar-refractivity contribution in [2.75, 3.05) is 6.61 Å². The lowest BCUT2D eigenvalue weighted by atomic mass is 10.8. The minimum absolute atomic E-state index is 0.204. The van der Waals surface area contributed by atoms with E-state index in [9.17, 15) is 13.0 Å². The summed E-state index contributed by atoms with van der Waals surface area (Å²) in [6.07, 6.45) is 1.75. The van der Waals surface area contributed by atoms with Gasteiger partial charge in [0, 0.05) is 0 Å². The van der Waals surface area contributed by atoms with E-state index in [2.05, 4.69) is 11.1 Å². The third kappa shape index (κ3) is 25.0. The highest BCUT2D eigenvalue weighted by molar-refractivity contribution is 7.47. The molecule has 0 saturated carbocycles. The first-order valence-electron chi connectivity index (χ1n) is 2.68. The van der Waals surface area contributed by atoms with E-state index >= 15 is 0 Å². The number of allylic oxidation sites excluding steroid dienone is 1. The fourth-order valence-corrected chi connectivity index (χ4v) is 0.451. The number of hydrogen-bond donors (Lipinski definition) is 0. The fourth-order valence-electron chi connectivity index (χ4n) is 0.150. The van der Waals surface area contributed by atoms with Gasteiger partial charge in [-0.25, -0.2) is 4.57 Å². The van der Waals surface area contributed by atoms with E-state index in [-0.39, 0.29) is 6.61 Å². The molecular weight excluding hydrogens is 161 g/mol. The summed E-state index contributed by atoms with van der Waals surface area (Å²) in [5.41, 5.74) is 0. The lowest BCUT2D eigenvalue weighted by Crippen LogP contribution is -1.76. The van der Waals surface area contributed by atoms with Crippen molar-refractivity contribution < 1.29 is 17.5 Å². The van der Waals surface area contributed by atoms with E-state index in [1.54, 1.807) is 6.08 Å². The van der Waals surface area contributed by atoms with Gasteiger partial charge < -0.3 is 0 Å². The minimum atomic E-state index is -5.17. The first-order valence-corrected chi connectivity index (χ1v) is 4.09. The zero-order chi connectivity index (χ0) is 8.62. The van der Waals surface area contributed by atoms with Crippen molar-refractivity contribution in [3.8, 4) is 0 Å². The van der Waals surface area contributed by atoms with Crippen molar-refractivity contribution in [1.29, 1.82) is 0 Å². The van der Waals surface area contributed by atoms with Gasteiger partial charge in [0.25, 0.3) is 0 Å². The van der Waals surface area contributed by atoms with E-state index in [0.717, 1.165) is 0 Å². The van der Waals surface area contributed by atoms with Crippen LogP contribution in [-0.2, 0) is 9.09 Å². The van der Waals surface area contributed by atoms with Crippen LogP contribution in [0.2, 0.25) is 0 Å². The zero-order valence-electron chi connectivity index (χ0n) is 6.01. The lowest BCUT2D eigenvalue weighted by molar-refractivity contribution is 0.270. The highest BCUT2D eigenvalue weighted by Crippen LogP contribution is 2.49. The van der Waals surface area contributed by atoms with Gasteiger partial charge in [-0.1, -0.05) is 6.08 Å². The van der Waals surface area contributed by atoms with Crippen LogP contribution in [0.5, 0.6) is 0 Å². The van der Waals surface area contributed by atoms with Crippen LogP contribution in [0.25, 0.3) is 0 Å². The smallest absolute Gasteiger partial charge is 0.281 e. The Labute approximate surface area is 59.6 Å². The molecule has 10 heavy (non-hydrogen) atoms. The van der Waals surface area contributed by atoms with Crippen LogP contribution >= 0.6 is 7.99 Å². The summed E-state index contributed by atoms with van der Waals surface area (Å²) in [7, 11) is -5.17. The molecule has 62 valence electrons. The maximum Gasteiger partial charge on any atom is 0.551 e. The molecule has 0 aliphatic rings. The molecule has 0 fully saturated rings. The predicted octanol–water partition coefficient (Wildman–Crippen LogP) is 3.26. The highest BCUT2D eigenvalue weighted by atomic mass is 31.2. The first-order chi connectivity index (χ1) is 4.47. The average molecular weight is 172 g/mol. The SMILES string of the molecule is C=CC.CCOP(=O)(F)F. The second-order valence-electron chi connectivity index (χ2n) is 1.24. The van der Waals surface area contributed by atoms with Gasteiger partial charge in [0.2, 0.25) is 0 Å². The molecule has 0 N–H and O–H groups in total. The lowest BCUT2D eigenvalue weighted by Gasteiger charge is -1.92. The van der Waals surface area contributed by atoms with Crippen LogP contribution in [0.3, 0.4) is 0 Å².